The summed E-state index contributed by atoms with van der Waals surface area (Å²) in [7, 11) is 0. The van der Waals surface area contributed by atoms with E-state index in [1.807, 2.05) is 37.8 Å². The molecule has 4 rings (SSSR count). The molecule has 3 aromatic heterocycles. The third-order valence-corrected chi connectivity index (χ3v) is 7.29. The van der Waals surface area contributed by atoms with E-state index in [4.69, 9.17) is 0 Å². The Morgan fingerprint density at radius 3 is 2.41 bits per heavy atom. The van der Waals surface area contributed by atoms with Crippen LogP contribution in [-0.4, -0.2) is 25.6 Å². The summed E-state index contributed by atoms with van der Waals surface area (Å²) in [4.78, 5) is 10.7. The Hall–Kier alpha value is -2.42. The predicted molar refractivity (Wildman–Crippen MR) is 122 cm³/mol. The number of aromatic nitrogens is 4. The van der Waals surface area contributed by atoms with Crippen molar-refractivity contribution in [2.24, 2.45) is 0 Å². The summed E-state index contributed by atoms with van der Waals surface area (Å²) in [5, 5.41) is 5.01. The number of hydrogen-bond donors (Lipinski definition) is 0. The summed E-state index contributed by atoms with van der Waals surface area (Å²) >= 11 is 1.07. The molecule has 0 saturated heterocycles. The first kappa shape index (κ1) is 22.8. The van der Waals surface area contributed by atoms with Gasteiger partial charge in [0.15, 0.2) is 16.5 Å². The van der Waals surface area contributed by atoms with Crippen LogP contribution in [0.25, 0.3) is 16.1 Å². The number of thiazole rings is 1. The number of halogens is 3. The minimum absolute atomic E-state index is 0.0712. The van der Waals surface area contributed by atoms with Crippen LogP contribution in [0.5, 0.6) is 0 Å². The van der Waals surface area contributed by atoms with E-state index in [0.29, 0.717) is 22.0 Å². The zero-order valence-electron chi connectivity index (χ0n) is 19.2. The second-order valence-electron chi connectivity index (χ2n) is 8.50. The molecule has 0 bridgehead atoms. The van der Waals surface area contributed by atoms with Crippen molar-refractivity contribution in [2.45, 2.75) is 78.9 Å². The average molecular weight is 464 g/mol. The van der Waals surface area contributed by atoms with Gasteiger partial charge in [-0.2, -0.15) is 18.3 Å². The van der Waals surface area contributed by atoms with E-state index in [1.54, 1.807) is 11.4 Å². The minimum Gasteiger partial charge on any atom is -0.319 e. The molecule has 0 spiro atoms. The van der Waals surface area contributed by atoms with Crippen LogP contribution < -0.4 is 4.90 Å². The maximum absolute atomic E-state index is 14.1. The third-order valence-electron chi connectivity index (χ3n) is 6.22. The highest BCUT2D eigenvalue weighted by Gasteiger charge is 2.41. The molecule has 0 amide bonds. The van der Waals surface area contributed by atoms with E-state index in [0.717, 1.165) is 47.7 Å². The van der Waals surface area contributed by atoms with Gasteiger partial charge in [0, 0.05) is 29.0 Å². The fourth-order valence-electron chi connectivity index (χ4n) is 4.54. The van der Waals surface area contributed by atoms with Gasteiger partial charge >= 0.3 is 6.18 Å². The van der Waals surface area contributed by atoms with Crippen molar-refractivity contribution in [2.75, 3.05) is 4.90 Å². The highest BCUT2D eigenvalue weighted by atomic mass is 32.1. The van der Waals surface area contributed by atoms with E-state index in [-0.39, 0.29) is 16.8 Å². The van der Waals surface area contributed by atoms with Crippen LogP contribution in [0, 0.1) is 13.8 Å². The van der Waals surface area contributed by atoms with Gasteiger partial charge < -0.3 is 4.90 Å². The average Bonchev–Trinajstić information content (AvgIpc) is 3.37. The van der Waals surface area contributed by atoms with Crippen molar-refractivity contribution in [3.63, 3.8) is 0 Å². The monoisotopic (exact) mass is 463 g/mol. The molecule has 32 heavy (non-hydrogen) atoms. The van der Waals surface area contributed by atoms with Crippen LogP contribution in [0.3, 0.4) is 0 Å². The molecule has 9 heteroatoms. The number of aryl methyl sites for hydroxylation is 2. The second kappa shape index (κ2) is 8.17. The van der Waals surface area contributed by atoms with E-state index in [9.17, 15) is 13.2 Å². The Bertz CT molecular complexity index is 1190. The lowest BCUT2D eigenvalue weighted by molar-refractivity contribution is -0.140. The van der Waals surface area contributed by atoms with Crippen molar-refractivity contribution in [3.05, 3.63) is 40.6 Å². The molecule has 4 heterocycles. The quantitative estimate of drug-likeness (QED) is 0.413. The lowest BCUT2D eigenvalue weighted by Gasteiger charge is -2.22. The number of nitrogens with zero attached hydrogens (tertiary/aromatic N) is 5. The molecule has 0 saturated carbocycles. The van der Waals surface area contributed by atoms with Crippen LogP contribution in [0.2, 0.25) is 0 Å². The SMILES string of the molecule is CCC(CC)c1cc(C)nc2c(-c3sc(N4C(C)=CCC4C)nc3C(F)(F)F)c(C)nn12. The van der Waals surface area contributed by atoms with Gasteiger partial charge in [-0.05, 0) is 53.0 Å². The van der Waals surface area contributed by atoms with E-state index in [2.05, 4.69) is 28.9 Å². The van der Waals surface area contributed by atoms with Crippen molar-refractivity contribution >= 4 is 22.1 Å². The Balaban J connectivity index is 1.98. The maximum Gasteiger partial charge on any atom is 0.434 e. The first-order valence-corrected chi connectivity index (χ1v) is 11.8. The number of anilines is 1. The van der Waals surface area contributed by atoms with E-state index in [1.165, 1.54) is 0 Å². The molecular formula is C23H28F3N5S. The van der Waals surface area contributed by atoms with Gasteiger partial charge in [0.1, 0.15) is 0 Å². The highest BCUT2D eigenvalue weighted by molar-refractivity contribution is 7.19. The summed E-state index contributed by atoms with van der Waals surface area (Å²) < 4.78 is 44.1. The molecule has 5 nitrogen and oxygen atoms in total. The van der Waals surface area contributed by atoms with Crippen LogP contribution in [0.4, 0.5) is 18.3 Å². The van der Waals surface area contributed by atoms with Crippen molar-refractivity contribution in [1.29, 1.82) is 0 Å². The normalized spacial score (nSPS) is 17.1. The summed E-state index contributed by atoms with van der Waals surface area (Å²) in [5.41, 5.74) is 3.22. The van der Waals surface area contributed by atoms with Gasteiger partial charge in [-0.15, -0.1) is 0 Å². The first-order valence-electron chi connectivity index (χ1n) is 11.0. The molecule has 0 aromatic carbocycles. The van der Waals surface area contributed by atoms with Crippen molar-refractivity contribution in [3.8, 4) is 10.4 Å². The lowest BCUT2D eigenvalue weighted by atomic mass is 9.98. The van der Waals surface area contributed by atoms with Crippen LogP contribution >= 0.6 is 11.3 Å². The predicted octanol–water partition coefficient (Wildman–Crippen LogP) is 6.89. The molecule has 172 valence electrons. The fraction of sp³-hybridized carbons (Fsp3) is 0.522. The molecule has 0 fully saturated rings. The van der Waals surface area contributed by atoms with E-state index < -0.39 is 11.9 Å². The van der Waals surface area contributed by atoms with Gasteiger partial charge in [-0.1, -0.05) is 31.3 Å². The number of rotatable bonds is 5. The second-order valence-corrected chi connectivity index (χ2v) is 9.48. The standard InChI is InChI=1S/C23H28F3N5S/c1-7-16(8-2)17-11-12(3)27-21-18(15(6)29-31(17)21)19-20(23(24,25)26)28-22(32-19)30-13(4)9-10-14(30)5/h9,11,14,16H,7-8,10H2,1-6H3. The molecular weight excluding hydrogens is 435 g/mol. The van der Waals surface area contributed by atoms with Crippen molar-refractivity contribution in [1.82, 2.24) is 19.6 Å². The zero-order chi connectivity index (χ0) is 23.4. The largest absolute Gasteiger partial charge is 0.434 e. The van der Waals surface area contributed by atoms with Gasteiger partial charge in [-0.3, -0.25) is 0 Å². The molecule has 1 unspecified atom stereocenters. The molecule has 1 aliphatic rings. The third kappa shape index (κ3) is 3.70. The van der Waals surface area contributed by atoms with E-state index >= 15 is 0 Å². The number of fused-ring (bicyclic) bond motifs is 1. The van der Waals surface area contributed by atoms with Crippen LogP contribution in [0.15, 0.2) is 17.8 Å². The zero-order valence-corrected chi connectivity index (χ0v) is 20.0. The summed E-state index contributed by atoms with van der Waals surface area (Å²) in [6.07, 6.45) is 0.0810. The van der Waals surface area contributed by atoms with Gasteiger partial charge in [0.25, 0.3) is 0 Å². The molecule has 0 radical (unpaired) electrons. The molecule has 3 aromatic rings. The Morgan fingerprint density at radius 1 is 1.16 bits per heavy atom. The minimum atomic E-state index is -4.58. The molecule has 1 aliphatic heterocycles. The Kier molecular flexibility index (Phi) is 5.81. The smallest absolute Gasteiger partial charge is 0.319 e. The molecule has 1 atom stereocenters. The van der Waals surface area contributed by atoms with Gasteiger partial charge in [-0.25, -0.2) is 14.5 Å². The number of hydrogen-bond acceptors (Lipinski definition) is 5. The first-order chi connectivity index (χ1) is 15.1. The molecule has 0 aliphatic carbocycles. The van der Waals surface area contributed by atoms with Crippen LogP contribution in [-0.2, 0) is 6.18 Å². The number of alkyl halides is 3. The summed E-state index contributed by atoms with van der Waals surface area (Å²) in [5.74, 6) is 0.253. The lowest BCUT2D eigenvalue weighted by Crippen LogP contribution is -2.26. The Labute approximate surface area is 190 Å². The maximum atomic E-state index is 14.1. The number of allylic oxidation sites excluding steroid dienone is 1. The van der Waals surface area contributed by atoms with Crippen molar-refractivity contribution < 1.29 is 13.2 Å². The van der Waals surface area contributed by atoms with Crippen LogP contribution in [0.1, 0.15) is 75.7 Å². The Morgan fingerprint density at radius 2 is 1.84 bits per heavy atom. The van der Waals surface area contributed by atoms with Gasteiger partial charge in [0.05, 0.1) is 16.1 Å². The summed E-state index contributed by atoms with van der Waals surface area (Å²) in [6.45, 7) is 11.7. The highest BCUT2D eigenvalue weighted by Crippen LogP contribution is 2.47. The fourth-order valence-corrected chi connectivity index (χ4v) is 5.88. The molecule has 0 N–H and O–H groups in total. The summed E-state index contributed by atoms with van der Waals surface area (Å²) in [6, 6.07) is 2.06. The topological polar surface area (TPSA) is 46.3 Å². The van der Waals surface area contributed by atoms with Gasteiger partial charge in [0.2, 0.25) is 0 Å².